The van der Waals surface area contributed by atoms with Crippen LogP contribution in [0.25, 0.3) is 0 Å². The van der Waals surface area contributed by atoms with E-state index in [1.807, 2.05) is 0 Å². The van der Waals surface area contributed by atoms with Crippen molar-refractivity contribution < 1.29 is 22.0 Å². The van der Waals surface area contributed by atoms with Crippen LogP contribution in [0.15, 0.2) is 0 Å². The molecule has 1 heterocycles. The highest BCUT2D eigenvalue weighted by Gasteiger charge is 2.56. The lowest BCUT2D eigenvalue weighted by Gasteiger charge is -2.19. The molecule has 0 spiro atoms. The molecule has 0 bridgehead atoms. The van der Waals surface area contributed by atoms with Crippen LogP contribution < -0.4 is 5.32 Å². The van der Waals surface area contributed by atoms with Gasteiger partial charge in [-0.3, -0.25) is 0 Å². The second-order valence-corrected chi connectivity index (χ2v) is 5.72. The molecule has 0 amide bonds. The van der Waals surface area contributed by atoms with E-state index in [1.54, 1.807) is 0 Å². The number of halogens is 5. The lowest BCUT2D eigenvalue weighted by atomic mass is 10.2. The van der Waals surface area contributed by atoms with Gasteiger partial charge in [-0.15, -0.1) is 0 Å². The van der Waals surface area contributed by atoms with Gasteiger partial charge in [-0.1, -0.05) is 0 Å². The fourth-order valence-electron chi connectivity index (χ4n) is 1.87. The second-order valence-electron chi connectivity index (χ2n) is 4.50. The molecule has 1 N–H and O–H groups in total. The summed E-state index contributed by atoms with van der Waals surface area (Å²) in [5.41, 5.74) is 0. The van der Waals surface area contributed by atoms with E-state index in [0.717, 1.165) is 31.6 Å². The highest BCUT2D eigenvalue weighted by Crippen LogP contribution is 2.39. The standard InChI is InChI=1S/C11H18F5NS/c12-10(13,11(14,15)16)5-2-7-18-8-4-9-3-1-6-17-9/h9,17H,1-8H2/t9-/m1/s1. The maximum absolute atomic E-state index is 12.5. The monoisotopic (exact) mass is 291 g/mol. The van der Waals surface area contributed by atoms with Crippen molar-refractivity contribution in [1.82, 2.24) is 5.32 Å². The molecule has 1 fully saturated rings. The molecule has 1 aliphatic heterocycles. The molecule has 0 aromatic carbocycles. The van der Waals surface area contributed by atoms with E-state index in [-0.39, 0.29) is 6.42 Å². The summed E-state index contributed by atoms with van der Waals surface area (Å²) in [6.07, 6.45) is -3.37. The number of thioether (sulfide) groups is 1. The lowest BCUT2D eigenvalue weighted by Crippen LogP contribution is -2.36. The van der Waals surface area contributed by atoms with Crippen molar-refractivity contribution in [2.24, 2.45) is 0 Å². The first-order valence-corrected chi connectivity index (χ1v) is 7.24. The van der Waals surface area contributed by atoms with E-state index in [1.165, 1.54) is 11.8 Å². The van der Waals surface area contributed by atoms with Gasteiger partial charge in [0, 0.05) is 12.5 Å². The minimum Gasteiger partial charge on any atom is -0.314 e. The van der Waals surface area contributed by atoms with Crippen molar-refractivity contribution in [1.29, 1.82) is 0 Å². The molecule has 0 aliphatic carbocycles. The average Bonchev–Trinajstić information content (AvgIpc) is 2.74. The summed E-state index contributed by atoms with van der Waals surface area (Å²) in [5, 5.41) is 3.31. The van der Waals surface area contributed by atoms with E-state index in [9.17, 15) is 22.0 Å². The second kappa shape index (κ2) is 6.93. The molecule has 1 nitrogen and oxygen atoms in total. The zero-order valence-corrected chi connectivity index (χ0v) is 10.8. The topological polar surface area (TPSA) is 12.0 Å². The van der Waals surface area contributed by atoms with Gasteiger partial charge in [0.2, 0.25) is 0 Å². The Morgan fingerprint density at radius 2 is 1.83 bits per heavy atom. The van der Waals surface area contributed by atoms with Crippen LogP contribution in [0.2, 0.25) is 0 Å². The summed E-state index contributed by atoms with van der Waals surface area (Å²) in [4.78, 5) is 0. The summed E-state index contributed by atoms with van der Waals surface area (Å²) >= 11 is 1.45. The maximum Gasteiger partial charge on any atom is 0.453 e. The average molecular weight is 291 g/mol. The molecule has 0 aromatic heterocycles. The van der Waals surface area contributed by atoms with Crippen molar-refractivity contribution in [3.63, 3.8) is 0 Å². The Hall–Kier alpha value is -0.0400. The molecule has 1 aliphatic rings. The van der Waals surface area contributed by atoms with Crippen LogP contribution in [-0.4, -0.2) is 36.2 Å². The summed E-state index contributed by atoms with van der Waals surface area (Å²) < 4.78 is 60.6. The van der Waals surface area contributed by atoms with Crippen LogP contribution in [0.4, 0.5) is 22.0 Å². The third-order valence-electron chi connectivity index (χ3n) is 2.97. The van der Waals surface area contributed by atoms with Crippen molar-refractivity contribution in [3.8, 4) is 0 Å². The predicted octanol–water partition coefficient (Wildman–Crippen LogP) is 3.84. The fourth-order valence-corrected chi connectivity index (χ4v) is 2.87. The zero-order chi connectivity index (χ0) is 13.6. The van der Waals surface area contributed by atoms with Gasteiger partial charge in [0.25, 0.3) is 0 Å². The van der Waals surface area contributed by atoms with Crippen molar-refractivity contribution in [3.05, 3.63) is 0 Å². The van der Waals surface area contributed by atoms with Gasteiger partial charge in [0.15, 0.2) is 0 Å². The quantitative estimate of drug-likeness (QED) is 0.565. The summed E-state index contributed by atoms with van der Waals surface area (Å²) in [6, 6.07) is 0.495. The zero-order valence-electron chi connectivity index (χ0n) is 10.0. The molecule has 0 radical (unpaired) electrons. The highest BCUT2D eigenvalue weighted by atomic mass is 32.2. The van der Waals surface area contributed by atoms with Crippen LogP contribution in [0, 0.1) is 0 Å². The summed E-state index contributed by atoms with van der Waals surface area (Å²) in [7, 11) is 0. The number of hydrogen-bond donors (Lipinski definition) is 1. The number of rotatable bonds is 7. The first-order chi connectivity index (χ1) is 8.33. The Kier molecular flexibility index (Phi) is 6.17. The first kappa shape index (κ1) is 16.0. The molecule has 7 heteroatoms. The van der Waals surface area contributed by atoms with E-state index in [2.05, 4.69) is 5.32 Å². The Labute approximate surface area is 108 Å². The molecule has 18 heavy (non-hydrogen) atoms. The van der Waals surface area contributed by atoms with E-state index in [4.69, 9.17) is 0 Å². The summed E-state index contributed by atoms with van der Waals surface area (Å²) in [6.45, 7) is 1.02. The van der Waals surface area contributed by atoms with E-state index < -0.39 is 18.5 Å². The van der Waals surface area contributed by atoms with Gasteiger partial charge < -0.3 is 5.32 Å². The number of alkyl halides is 5. The summed E-state index contributed by atoms with van der Waals surface area (Å²) in [5.74, 6) is -3.37. The van der Waals surface area contributed by atoms with Crippen molar-refractivity contribution in [2.45, 2.75) is 50.2 Å². The Balaban J connectivity index is 2.01. The van der Waals surface area contributed by atoms with Crippen LogP contribution >= 0.6 is 11.8 Å². The molecule has 1 rings (SSSR count). The van der Waals surface area contributed by atoms with Crippen LogP contribution in [0.5, 0.6) is 0 Å². The fraction of sp³-hybridized carbons (Fsp3) is 1.00. The third-order valence-corrected chi connectivity index (χ3v) is 4.07. The van der Waals surface area contributed by atoms with Crippen LogP contribution in [0.3, 0.4) is 0 Å². The SMILES string of the molecule is FC(F)(F)C(F)(F)CCCSCC[C@H]1CCCN1. The normalized spacial score (nSPS) is 21.5. The Bertz CT molecular complexity index is 238. The molecule has 108 valence electrons. The molecule has 0 saturated carbocycles. The van der Waals surface area contributed by atoms with Crippen LogP contribution in [0.1, 0.15) is 32.1 Å². The molecule has 0 aromatic rings. The van der Waals surface area contributed by atoms with Gasteiger partial charge in [-0.05, 0) is 43.7 Å². The minimum absolute atomic E-state index is 0.102. The molecule has 1 saturated heterocycles. The molecule has 0 unspecified atom stereocenters. The number of hydrogen-bond acceptors (Lipinski definition) is 2. The maximum atomic E-state index is 12.5. The highest BCUT2D eigenvalue weighted by molar-refractivity contribution is 7.99. The van der Waals surface area contributed by atoms with Crippen LogP contribution in [-0.2, 0) is 0 Å². The van der Waals surface area contributed by atoms with Crippen molar-refractivity contribution >= 4 is 11.8 Å². The minimum atomic E-state index is -5.41. The smallest absolute Gasteiger partial charge is 0.314 e. The first-order valence-electron chi connectivity index (χ1n) is 6.08. The van der Waals surface area contributed by atoms with Gasteiger partial charge in [-0.2, -0.15) is 33.7 Å². The van der Waals surface area contributed by atoms with Crippen molar-refractivity contribution in [2.75, 3.05) is 18.1 Å². The van der Waals surface area contributed by atoms with Gasteiger partial charge in [0.1, 0.15) is 0 Å². The molecular formula is C11H18F5NS. The molecular weight excluding hydrogens is 273 g/mol. The van der Waals surface area contributed by atoms with Gasteiger partial charge in [-0.25, -0.2) is 0 Å². The predicted molar refractivity (Wildman–Crippen MR) is 63.2 cm³/mol. The van der Waals surface area contributed by atoms with E-state index >= 15 is 0 Å². The molecule has 1 atom stereocenters. The van der Waals surface area contributed by atoms with E-state index in [0.29, 0.717) is 11.8 Å². The third kappa shape index (κ3) is 5.30. The Morgan fingerprint density at radius 3 is 2.39 bits per heavy atom. The van der Waals surface area contributed by atoms with Gasteiger partial charge >= 0.3 is 12.1 Å². The largest absolute Gasteiger partial charge is 0.453 e. The number of nitrogens with one attached hydrogen (secondary N) is 1. The van der Waals surface area contributed by atoms with Gasteiger partial charge in [0.05, 0.1) is 0 Å². The Morgan fingerprint density at radius 1 is 1.11 bits per heavy atom. The lowest BCUT2D eigenvalue weighted by molar-refractivity contribution is -0.284.